The van der Waals surface area contributed by atoms with E-state index in [-0.39, 0.29) is 5.91 Å². The Kier molecular flexibility index (Phi) is 5.08. The van der Waals surface area contributed by atoms with Gasteiger partial charge in [0.05, 0.1) is 16.2 Å². The first-order valence-electron chi connectivity index (χ1n) is 9.08. The van der Waals surface area contributed by atoms with Gasteiger partial charge >= 0.3 is 0 Å². The molecule has 0 saturated heterocycles. The molecule has 0 saturated carbocycles. The van der Waals surface area contributed by atoms with Crippen LogP contribution in [0.1, 0.15) is 40.4 Å². The summed E-state index contributed by atoms with van der Waals surface area (Å²) in [6, 6.07) is 6.45. The third-order valence-electron chi connectivity index (χ3n) is 4.74. The van der Waals surface area contributed by atoms with Crippen LogP contribution in [-0.2, 0) is 4.79 Å². The molecule has 2 unspecified atom stereocenters. The summed E-state index contributed by atoms with van der Waals surface area (Å²) < 4.78 is 16.3. The zero-order valence-corrected chi connectivity index (χ0v) is 17.9. The number of hydrogen-bond acceptors (Lipinski definition) is 5. The number of anilines is 1. The highest BCUT2D eigenvalue weighted by Gasteiger charge is 2.36. The lowest BCUT2D eigenvalue weighted by Crippen LogP contribution is -2.23. The number of nitrogens with zero attached hydrogens (tertiary/aromatic N) is 4. The monoisotopic (exact) mass is 431 g/mol. The van der Waals surface area contributed by atoms with Gasteiger partial charge in [0, 0.05) is 27.5 Å². The number of aryl methyl sites for hydroxylation is 3. The first kappa shape index (κ1) is 19.8. The fourth-order valence-electron chi connectivity index (χ4n) is 3.45. The maximum absolute atomic E-state index is 14.8. The predicted octanol–water partition coefficient (Wildman–Crippen LogP) is 4.54. The Morgan fingerprint density at radius 2 is 1.86 bits per heavy atom. The van der Waals surface area contributed by atoms with E-state index in [4.69, 9.17) is 11.6 Å². The number of carbonyl (C=O) groups is 1. The van der Waals surface area contributed by atoms with Crippen LogP contribution in [0.3, 0.4) is 0 Å². The van der Waals surface area contributed by atoms with Gasteiger partial charge in [-0.3, -0.25) is 4.79 Å². The minimum atomic E-state index is -0.507. The average molecular weight is 432 g/mol. The Hall–Kier alpha value is -2.45. The molecule has 0 fully saturated rings. The van der Waals surface area contributed by atoms with Gasteiger partial charge < -0.3 is 5.32 Å². The Morgan fingerprint density at radius 3 is 2.52 bits per heavy atom. The summed E-state index contributed by atoms with van der Waals surface area (Å²) >= 11 is 7.71. The van der Waals surface area contributed by atoms with Crippen molar-refractivity contribution in [2.45, 2.75) is 38.2 Å². The second kappa shape index (κ2) is 7.42. The molecule has 1 N–H and O–H groups in total. The number of nitrogens with one attached hydrogen (secondary N) is 1. The van der Waals surface area contributed by atoms with Crippen LogP contribution < -0.4 is 5.32 Å². The topological polar surface area (TPSA) is 72.7 Å². The molecular weight excluding hydrogens is 413 g/mol. The van der Waals surface area contributed by atoms with Crippen LogP contribution in [-0.4, -0.2) is 30.9 Å². The minimum absolute atomic E-state index is 0.197. The minimum Gasteiger partial charge on any atom is -0.309 e. The number of carbonyl (C=O) groups excluding carboxylic acids is 1. The van der Waals surface area contributed by atoms with Crippen molar-refractivity contribution in [3.8, 4) is 5.95 Å². The standard InChI is InChI=1S/C20H19ClFN5OS/c1-9-8-10(2)24-20(23-9)27-18-15(11(3)26-27)17(29-12(4)19(28)25-18)16-13(21)6-5-7-14(16)22/h5-8,12,17H,1-4H3,(H,25,28). The molecule has 150 valence electrons. The molecule has 0 radical (unpaired) electrons. The highest BCUT2D eigenvalue weighted by atomic mass is 35.5. The molecule has 1 aliphatic rings. The largest absolute Gasteiger partial charge is 0.309 e. The van der Waals surface area contributed by atoms with Crippen LogP contribution in [0, 0.1) is 26.6 Å². The Labute approximate surface area is 176 Å². The van der Waals surface area contributed by atoms with Crippen molar-refractivity contribution in [2.75, 3.05) is 5.32 Å². The van der Waals surface area contributed by atoms with E-state index in [2.05, 4.69) is 20.4 Å². The van der Waals surface area contributed by atoms with Crippen LogP contribution in [0.25, 0.3) is 5.95 Å². The molecular formula is C20H19ClFN5OS. The number of halogens is 2. The number of hydrogen-bond donors (Lipinski definition) is 1. The Morgan fingerprint density at radius 1 is 1.17 bits per heavy atom. The van der Waals surface area contributed by atoms with Crippen molar-refractivity contribution in [3.63, 3.8) is 0 Å². The molecule has 3 aromatic rings. The number of fused-ring (bicyclic) bond motifs is 1. The highest BCUT2D eigenvalue weighted by Crippen LogP contribution is 2.48. The molecule has 4 rings (SSSR count). The van der Waals surface area contributed by atoms with E-state index in [0.717, 1.165) is 11.4 Å². The van der Waals surface area contributed by atoms with Crippen LogP contribution in [0.2, 0.25) is 5.02 Å². The maximum atomic E-state index is 14.8. The summed E-state index contributed by atoms with van der Waals surface area (Å²) in [6.07, 6.45) is 0. The Balaban J connectivity index is 1.98. The van der Waals surface area contributed by atoms with Crippen molar-refractivity contribution in [1.29, 1.82) is 0 Å². The summed E-state index contributed by atoms with van der Waals surface area (Å²) in [6.45, 7) is 7.34. The third-order valence-corrected chi connectivity index (χ3v) is 6.44. The fraction of sp³-hybridized carbons (Fsp3) is 0.300. The molecule has 3 heterocycles. The molecule has 2 atom stereocenters. The van der Waals surface area contributed by atoms with Crippen LogP contribution in [0.15, 0.2) is 24.3 Å². The first-order valence-corrected chi connectivity index (χ1v) is 10.4. The van der Waals surface area contributed by atoms with Gasteiger partial charge in [0.25, 0.3) is 5.95 Å². The van der Waals surface area contributed by atoms with Gasteiger partial charge in [0.2, 0.25) is 5.91 Å². The average Bonchev–Trinajstić information content (AvgIpc) is 2.88. The molecule has 2 aromatic heterocycles. The molecule has 0 bridgehead atoms. The van der Waals surface area contributed by atoms with Gasteiger partial charge in [-0.2, -0.15) is 9.78 Å². The quantitative estimate of drug-likeness (QED) is 0.644. The number of aromatic nitrogens is 4. The van der Waals surface area contributed by atoms with Crippen molar-refractivity contribution >= 4 is 35.1 Å². The second-order valence-corrected chi connectivity index (χ2v) is 8.85. The molecule has 0 aliphatic carbocycles. The van der Waals surface area contributed by atoms with Gasteiger partial charge in [-0.05, 0) is 45.9 Å². The number of thioether (sulfide) groups is 1. The van der Waals surface area contributed by atoms with Gasteiger partial charge in [0.1, 0.15) is 11.6 Å². The van der Waals surface area contributed by atoms with E-state index in [0.29, 0.717) is 33.6 Å². The maximum Gasteiger partial charge on any atom is 0.252 e. The van der Waals surface area contributed by atoms with Crippen molar-refractivity contribution in [3.05, 3.63) is 63.3 Å². The fourth-order valence-corrected chi connectivity index (χ4v) is 5.17. The first-order chi connectivity index (χ1) is 13.8. The number of benzene rings is 1. The van der Waals surface area contributed by atoms with Gasteiger partial charge in [-0.1, -0.05) is 17.7 Å². The summed E-state index contributed by atoms with van der Waals surface area (Å²) in [5.41, 5.74) is 3.25. The molecule has 9 heteroatoms. The summed E-state index contributed by atoms with van der Waals surface area (Å²) in [5, 5.41) is 6.89. The highest BCUT2D eigenvalue weighted by molar-refractivity contribution is 8.01. The summed E-state index contributed by atoms with van der Waals surface area (Å²) in [4.78, 5) is 21.6. The van der Waals surface area contributed by atoms with E-state index in [1.165, 1.54) is 22.5 Å². The molecule has 1 aromatic carbocycles. The van der Waals surface area contributed by atoms with Gasteiger partial charge in [-0.25, -0.2) is 14.4 Å². The molecule has 0 spiro atoms. The lowest BCUT2D eigenvalue weighted by Gasteiger charge is -2.19. The third kappa shape index (κ3) is 3.51. The van der Waals surface area contributed by atoms with Crippen molar-refractivity contribution in [1.82, 2.24) is 19.7 Å². The van der Waals surface area contributed by atoms with E-state index in [1.54, 1.807) is 19.1 Å². The molecule has 1 amide bonds. The van der Waals surface area contributed by atoms with Crippen LogP contribution >= 0.6 is 23.4 Å². The van der Waals surface area contributed by atoms with E-state index in [1.807, 2.05) is 26.8 Å². The summed E-state index contributed by atoms with van der Waals surface area (Å²) in [7, 11) is 0. The SMILES string of the molecule is Cc1cc(C)nc(-n2nc(C)c3c2NC(=O)C(C)SC3c2c(F)cccc2Cl)n1. The van der Waals surface area contributed by atoms with Crippen molar-refractivity contribution in [2.24, 2.45) is 0 Å². The Bertz CT molecular complexity index is 1090. The normalized spacial score (nSPS) is 18.9. The second-order valence-electron chi connectivity index (χ2n) is 6.99. The van der Waals surface area contributed by atoms with Crippen molar-refractivity contribution < 1.29 is 9.18 Å². The van der Waals surface area contributed by atoms with Crippen LogP contribution in [0.4, 0.5) is 10.2 Å². The summed E-state index contributed by atoms with van der Waals surface area (Å²) in [5.74, 6) is 0.179. The van der Waals surface area contributed by atoms with Gasteiger partial charge in [-0.15, -0.1) is 11.8 Å². The number of rotatable bonds is 2. The lowest BCUT2D eigenvalue weighted by molar-refractivity contribution is -0.115. The predicted molar refractivity (Wildman–Crippen MR) is 112 cm³/mol. The molecule has 29 heavy (non-hydrogen) atoms. The van der Waals surface area contributed by atoms with E-state index >= 15 is 0 Å². The molecule has 6 nitrogen and oxygen atoms in total. The smallest absolute Gasteiger partial charge is 0.252 e. The van der Waals surface area contributed by atoms with E-state index < -0.39 is 16.3 Å². The van der Waals surface area contributed by atoms with Gasteiger partial charge in [0.15, 0.2) is 0 Å². The lowest BCUT2D eigenvalue weighted by atomic mass is 10.0. The zero-order valence-electron chi connectivity index (χ0n) is 16.3. The molecule has 1 aliphatic heterocycles. The van der Waals surface area contributed by atoms with Crippen LogP contribution in [0.5, 0.6) is 0 Å². The zero-order chi connectivity index (χ0) is 20.9. The van der Waals surface area contributed by atoms with E-state index in [9.17, 15) is 9.18 Å². The number of amides is 1.